The molecule has 0 bridgehead atoms. The maximum absolute atomic E-state index is 12.5. The number of carboxylic acids is 1. The molecule has 2 atom stereocenters. The molecule has 11 heteroatoms. The number of nitrogens with one attached hydrogen (secondary N) is 1. The third-order valence-electron chi connectivity index (χ3n) is 3.53. The molecule has 0 radical (unpaired) electrons. The van der Waals surface area contributed by atoms with Crippen molar-refractivity contribution >= 4 is 11.9 Å². The van der Waals surface area contributed by atoms with Gasteiger partial charge in [0.25, 0.3) is 5.91 Å². The van der Waals surface area contributed by atoms with Crippen LogP contribution < -0.4 is 5.32 Å². The van der Waals surface area contributed by atoms with Crippen molar-refractivity contribution in [2.24, 2.45) is 5.92 Å². The van der Waals surface area contributed by atoms with Crippen LogP contribution in [-0.2, 0) is 11.0 Å². The Morgan fingerprint density at radius 3 is 2.48 bits per heavy atom. The lowest BCUT2D eigenvalue weighted by Gasteiger charge is -2.16. The topological polar surface area (TPSA) is 110 Å². The Morgan fingerprint density at radius 1 is 1.28 bits per heavy atom. The largest absolute Gasteiger partial charge is 0.481 e. The van der Waals surface area contributed by atoms with Gasteiger partial charge >= 0.3 is 12.1 Å². The van der Waals surface area contributed by atoms with Crippen LogP contribution in [0.3, 0.4) is 0 Å². The van der Waals surface area contributed by atoms with Crippen LogP contribution in [0.4, 0.5) is 13.2 Å². The summed E-state index contributed by atoms with van der Waals surface area (Å²) in [6, 6.07) is 1.27. The first-order valence-electron chi connectivity index (χ1n) is 7.09. The van der Waals surface area contributed by atoms with E-state index >= 15 is 0 Å². The summed E-state index contributed by atoms with van der Waals surface area (Å²) < 4.78 is 38.6. The van der Waals surface area contributed by atoms with E-state index in [0.29, 0.717) is 6.20 Å². The number of alkyl halides is 3. The van der Waals surface area contributed by atoms with E-state index in [4.69, 9.17) is 5.11 Å². The van der Waals surface area contributed by atoms with E-state index in [1.807, 2.05) is 0 Å². The number of aromatic nitrogens is 4. The SMILES string of the molecule is CC(NC(=O)c1cn(-c2ccc(C(F)(F)F)cn2)nn1)C(C)C(=O)O. The smallest absolute Gasteiger partial charge is 0.417 e. The molecule has 2 unspecified atom stereocenters. The van der Waals surface area contributed by atoms with Gasteiger partial charge in [-0.1, -0.05) is 5.21 Å². The fourth-order valence-electron chi connectivity index (χ4n) is 1.79. The number of carbonyl (C=O) groups is 2. The molecule has 2 rings (SSSR count). The quantitative estimate of drug-likeness (QED) is 0.840. The third-order valence-corrected chi connectivity index (χ3v) is 3.53. The monoisotopic (exact) mass is 357 g/mol. The van der Waals surface area contributed by atoms with Crippen LogP contribution in [0.1, 0.15) is 29.9 Å². The highest BCUT2D eigenvalue weighted by Gasteiger charge is 2.30. The second kappa shape index (κ2) is 6.87. The lowest BCUT2D eigenvalue weighted by molar-refractivity contribution is -0.142. The highest BCUT2D eigenvalue weighted by molar-refractivity contribution is 5.92. The van der Waals surface area contributed by atoms with E-state index in [9.17, 15) is 22.8 Å². The molecular weight excluding hydrogens is 343 g/mol. The van der Waals surface area contributed by atoms with Crippen molar-refractivity contribution in [2.45, 2.75) is 26.1 Å². The van der Waals surface area contributed by atoms with E-state index in [-0.39, 0.29) is 11.5 Å². The Hall–Kier alpha value is -2.98. The standard InChI is InChI=1S/C14H14F3N5O3/c1-7(13(24)25)8(2)19-12(23)10-6-22(21-20-10)11-4-3-9(5-18-11)14(15,16)17/h3-8H,1-2H3,(H,19,23)(H,24,25). The minimum Gasteiger partial charge on any atom is -0.481 e. The highest BCUT2D eigenvalue weighted by atomic mass is 19.4. The van der Waals surface area contributed by atoms with E-state index in [0.717, 1.165) is 16.8 Å². The van der Waals surface area contributed by atoms with Gasteiger partial charge < -0.3 is 10.4 Å². The minimum atomic E-state index is -4.50. The van der Waals surface area contributed by atoms with Crippen LogP contribution >= 0.6 is 0 Å². The van der Waals surface area contributed by atoms with Gasteiger partial charge in [-0.25, -0.2) is 9.67 Å². The summed E-state index contributed by atoms with van der Waals surface area (Å²) in [5, 5.41) is 18.6. The van der Waals surface area contributed by atoms with Crippen molar-refractivity contribution in [3.63, 3.8) is 0 Å². The van der Waals surface area contributed by atoms with Crippen LogP contribution in [0.5, 0.6) is 0 Å². The molecule has 2 aromatic rings. The minimum absolute atomic E-state index is 0.0477. The van der Waals surface area contributed by atoms with Crippen LogP contribution in [0.2, 0.25) is 0 Å². The number of halogens is 3. The Labute approximate surface area is 139 Å². The summed E-state index contributed by atoms with van der Waals surface area (Å²) in [4.78, 5) is 26.5. The molecular formula is C14H14F3N5O3. The number of amides is 1. The second-order valence-corrected chi connectivity index (χ2v) is 5.34. The third kappa shape index (κ3) is 4.31. The molecule has 2 aromatic heterocycles. The number of nitrogens with zero attached hydrogens (tertiary/aromatic N) is 4. The fourth-order valence-corrected chi connectivity index (χ4v) is 1.79. The molecule has 0 aliphatic rings. The van der Waals surface area contributed by atoms with Crippen molar-refractivity contribution in [3.05, 3.63) is 35.8 Å². The van der Waals surface area contributed by atoms with Gasteiger partial charge in [-0.3, -0.25) is 9.59 Å². The zero-order valence-electron chi connectivity index (χ0n) is 13.2. The predicted molar refractivity (Wildman–Crippen MR) is 77.9 cm³/mol. The molecule has 2 heterocycles. The first kappa shape index (κ1) is 18.4. The van der Waals surface area contributed by atoms with E-state index in [1.54, 1.807) is 0 Å². The van der Waals surface area contributed by atoms with Crippen LogP contribution in [0, 0.1) is 5.92 Å². The van der Waals surface area contributed by atoms with Gasteiger partial charge in [-0.05, 0) is 26.0 Å². The van der Waals surface area contributed by atoms with Crippen molar-refractivity contribution in [1.82, 2.24) is 25.3 Å². The summed E-state index contributed by atoms with van der Waals surface area (Å²) >= 11 is 0. The summed E-state index contributed by atoms with van der Waals surface area (Å²) in [5.74, 6) is -2.48. The predicted octanol–water partition coefficient (Wildman–Crippen LogP) is 1.52. The maximum atomic E-state index is 12.5. The van der Waals surface area contributed by atoms with Gasteiger partial charge in [0, 0.05) is 12.2 Å². The van der Waals surface area contributed by atoms with Crippen molar-refractivity contribution < 1.29 is 27.9 Å². The molecule has 0 aliphatic carbocycles. The second-order valence-electron chi connectivity index (χ2n) is 5.34. The number of pyridine rings is 1. The van der Waals surface area contributed by atoms with Gasteiger partial charge in [-0.15, -0.1) is 5.10 Å². The average Bonchev–Trinajstić information content (AvgIpc) is 3.03. The van der Waals surface area contributed by atoms with E-state index < -0.39 is 35.6 Å². The molecule has 25 heavy (non-hydrogen) atoms. The van der Waals surface area contributed by atoms with E-state index in [2.05, 4.69) is 20.6 Å². The van der Waals surface area contributed by atoms with Gasteiger partial charge in [0.1, 0.15) is 0 Å². The molecule has 8 nitrogen and oxygen atoms in total. The van der Waals surface area contributed by atoms with Crippen molar-refractivity contribution in [3.8, 4) is 5.82 Å². The number of hydrogen-bond acceptors (Lipinski definition) is 5. The first-order chi connectivity index (χ1) is 11.6. The fraction of sp³-hybridized carbons (Fsp3) is 0.357. The highest BCUT2D eigenvalue weighted by Crippen LogP contribution is 2.28. The molecule has 0 saturated heterocycles. The van der Waals surface area contributed by atoms with E-state index in [1.165, 1.54) is 20.0 Å². The zero-order chi connectivity index (χ0) is 18.8. The Bertz CT molecular complexity index is 773. The number of aliphatic carboxylic acids is 1. The lowest BCUT2D eigenvalue weighted by atomic mass is 10.0. The number of carboxylic acid groups (broad SMARTS) is 1. The first-order valence-corrected chi connectivity index (χ1v) is 7.09. The van der Waals surface area contributed by atoms with Gasteiger partial charge in [-0.2, -0.15) is 13.2 Å². The summed E-state index contributed by atoms with van der Waals surface area (Å²) in [6.07, 6.45) is -2.67. The van der Waals surface area contributed by atoms with Crippen LogP contribution in [0.15, 0.2) is 24.5 Å². The number of rotatable bonds is 5. The normalized spacial score (nSPS) is 14.0. The molecule has 0 spiro atoms. The van der Waals surface area contributed by atoms with Gasteiger partial charge in [0.2, 0.25) is 0 Å². The Morgan fingerprint density at radius 2 is 1.96 bits per heavy atom. The van der Waals surface area contributed by atoms with Crippen LogP contribution in [-0.4, -0.2) is 43.0 Å². The molecule has 134 valence electrons. The zero-order valence-corrected chi connectivity index (χ0v) is 13.2. The van der Waals surface area contributed by atoms with Crippen LogP contribution in [0.25, 0.3) is 5.82 Å². The average molecular weight is 357 g/mol. The number of carbonyl (C=O) groups excluding carboxylic acids is 1. The Kier molecular flexibility index (Phi) is 5.04. The van der Waals surface area contributed by atoms with Gasteiger partial charge in [0.05, 0.1) is 17.7 Å². The summed E-state index contributed by atoms with van der Waals surface area (Å²) in [6.45, 7) is 2.97. The molecule has 2 N–H and O–H groups in total. The lowest BCUT2D eigenvalue weighted by Crippen LogP contribution is -2.40. The maximum Gasteiger partial charge on any atom is 0.417 e. The van der Waals surface area contributed by atoms with Crippen molar-refractivity contribution in [1.29, 1.82) is 0 Å². The van der Waals surface area contributed by atoms with Gasteiger partial charge in [0.15, 0.2) is 11.5 Å². The molecule has 1 amide bonds. The summed E-state index contributed by atoms with van der Waals surface area (Å²) in [7, 11) is 0. The molecule has 0 aliphatic heterocycles. The molecule has 0 saturated carbocycles. The number of hydrogen-bond donors (Lipinski definition) is 2. The Balaban J connectivity index is 2.11. The summed E-state index contributed by atoms with van der Waals surface area (Å²) in [5.41, 5.74) is -1.03. The molecule has 0 fully saturated rings. The molecule has 0 aromatic carbocycles. The van der Waals surface area contributed by atoms with Crippen molar-refractivity contribution in [2.75, 3.05) is 0 Å².